The second-order valence-electron chi connectivity index (χ2n) is 6.45. The highest BCUT2D eigenvalue weighted by Gasteiger charge is 2.40. The summed E-state index contributed by atoms with van der Waals surface area (Å²) in [4.78, 5) is 0. The fourth-order valence-corrected chi connectivity index (χ4v) is 2.76. The third kappa shape index (κ3) is 3.03. The molecule has 5 heteroatoms. The number of hydrogen-bond acceptors (Lipinski definition) is 4. The molecule has 0 fully saturated rings. The molecule has 0 spiro atoms. The molecule has 0 heterocycles. The van der Waals surface area contributed by atoms with Crippen molar-refractivity contribution in [3.63, 3.8) is 0 Å². The van der Waals surface area contributed by atoms with Gasteiger partial charge in [-0.25, -0.2) is 0 Å². The smallest absolute Gasteiger partial charge is 0.250 e. The number of hydrogen-bond donors (Lipinski definition) is 1. The minimum absolute atomic E-state index is 0.0690. The Morgan fingerprint density at radius 1 is 1.05 bits per heavy atom. The van der Waals surface area contributed by atoms with Gasteiger partial charge in [-0.05, 0) is 25.1 Å². The van der Waals surface area contributed by atoms with Crippen molar-refractivity contribution in [2.24, 2.45) is 0 Å². The SMILES string of the molecule is COc1c(O)cc(O[Si](C)(C)C(C)(C)C)c(OC)c1C. The van der Waals surface area contributed by atoms with E-state index < -0.39 is 8.32 Å². The van der Waals surface area contributed by atoms with E-state index in [9.17, 15) is 5.11 Å². The van der Waals surface area contributed by atoms with E-state index in [2.05, 4.69) is 33.9 Å². The maximum Gasteiger partial charge on any atom is 0.250 e. The van der Waals surface area contributed by atoms with Gasteiger partial charge in [-0.15, -0.1) is 0 Å². The summed E-state index contributed by atoms with van der Waals surface area (Å²) in [6, 6.07) is 1.57. The lowest BCUT2D eigenvalue weighted by Crippen LogP contribution is -2.43. The normalized spacial score (nSPS) is 12.2. The van der Waals surface area contributed by atoms with E-state index in [0.29, 0.717) is 17.2 Å². The molecule has 0 saturated carbocycles. The van der Waals surface area contributed by atoms with Gasteiger partial charge in [-0.1, -0.05) is 20.8 Å². The van der Waals surface area contributed by atoms with E-state index >= 15 is 0 Å². The summed E-state index contributed by atoms with van der Waals surface area (Å²) in [5.41, 5.74) is 0.740. The van der Waals surface area contributed by atoms with Crippen LogP contribution in [0.1, 0.15) is 26.3 Å². The van der Waals surface area contributed by atoms with Crippen LogP contribution in [0.15, 0.2) is 6.07 Å². The summed E-state index contributed by atoms with van der Waals surface area (Å²) in [5, 5.41) is 10.1. The molecule has 1 aromatic carbocycles. The quantitative estimate of drug-likeness (QED) is 0.850. The van der Waals surface area contributed by atoms with Crippen LogP contribution in [0.5, 0.6) is 23.0 Å². The van der Waals surface area contributed by atoms with Crippen LogP contribution in [0.4, 0.5) is 0 Å². The predicted molar refractivity (Wildman–Crippen MR) is 83.8 cm³/mol. The highest BCUT2D eigenvalue weighted by Crippen LogP contribution is 2.46. The molecule has 0 amide bonds. The molecule has 0 aliphatic carbocycles. The zero-order valence-corrected chi connectivity index (χ0v) is 14.7. The van der Waals surface area contributed by atoms with Gasteiger partial charge in [0.2, 0.25) is 0 Å². The molecule has 0 atom stereocenters. The number of aromatic hydroxyl groups is 1. The number of ether oxygens (including phenoxy) is 2. The van der Waals surface area contributed by atoms with Gasteiger partial charge in [0.1, 0.15) is 0 Å². The molecule has 1 rings (SSSR count). The Hall–Kier alpha value is -1.36. The maximum atomic E-state index is 10.0. The average Bonchev–Trinajstić information content (AvgIpc) is 2.27. The molecule has 1 aromatic rings. The van der Waals surface area contributed by atoms with Crippen LogP contribution in [-0.4, -0.2) is 27.6 Å². The van der Waals surface area contributed by atoms with Crippen molar-refractivity contribution in [2.45, 2.75) is 45.8 Å². The molecular weight excluding hydrogens is 272 g/mol. The summed E-state index contributed by atoms with van der Waals surface area (Å²) >= 11 is 0. The van der Waals surface area contributed by atoms with Crippen molar-refractivity contribution >= 4 is 8.32 Å². The van der Waals surface area contributed by atoms with E-state index in [1.807, 2.05) is 6.92 Å². The van der Waals surface area contributed by atoms with Crippen LogP contribution in [0.25, 0.3) is 0 Å². The number of benzene rings is 1. The molecule has 0 saturated heterocycles. The van der Waals surface area contributed by atoms with Crippen molar-refractivity contribution in [1.82, 2.24) is 0 Å². The van der Waals surface area contributed by atoms with Crippen molar-refractivity contribution in [3.05, 3.63) is 11.6 Å². The third-order valence-corrected chi connectivity index (χ3v) is 8.33. The van der Waals surface area contributed by atoms with Crippen LogP contribution in [0, 0.1) is 6.92 Å². The first-order chi connectivity index (χ1) is 9.05. The molecule has 0 aliphatic heterocycles. The molecule has 0 bridgehead atoms. The fourth-order valence-electron chi connectivity index (χ4n) is 1.75. The van der Waals surface area contributed by atoms with E-state index in [4.69, 9.17) is 13.9 Å². The van der Waals surface area contributed by atoms with Gasteiger partial charge in [0.25, 0.3) is 8.32 Å². The van der Waals surface area contributed by atoms with E-state index in [1.165, 1.54) is 7.11 Å². The first-order valence-electron chi connectivity index (χ1n) is 6.68. The molecule has 20 heavy (non-hydrogen) atoms. The Bertz CT molecular complexity index is 490. The predicted octanol–water partition coefficient (Wildman–Crippen LogP) is 4.10. The van der Waals surface area contributed by atoms with Gasteiger partial charge < -0.3 is 19.0 Å². The van der Waals surface area contributed by atoms with Crippen molar-refractivity contribution in [3.8, 4) is 23.0 Å². The van der Waals surface area contributed by atoms with Gasteiger partial charge in [-0.2, -0.15) is 0 Å². The molecule has 0 aliphatic rings. The molecule has 114 valence electrons. The molecule has 0 radical (unpaired) electrons. The minimum Gasteiger partial charge on any atom is -0.541 e. The minimum atomic E-state index is -2.00. The lowest BCUT2D eigenvalue weighted by molar-refractivity contribution is 0.348. The third-order valence-electron chi connectivity index (χ3n) is 3.98. The van der Waals surface area contributed by atoms with E-state index in [1.54, 1.807) is 13.2 Å². The Labute approximate surface area is 122 Å². The maximum absolute atomic E-state index is 10.0. The number of methoxy groups -OCH3 is 2. The Morgan fingerprint density at radius 2 is 1.55 bits per heavy atom. The van der Waals surface area contributed by atoms with Crippen LogP contribution in [0.3, 0.4) is 0 Å². The standard InChI is InChI=1S/C15H26O4Si/c1-10-13(17-5)11(16)9-12(14(10)18-6)19-20(7,8)15(2,3)4/h9,16H,1-8H3. The Balaban J connectivity index is 3.33. The monoisotopic (exact) mass is 298 g/mol. The summed E-state index contributed by atoms with van der Waals surface area (Å²) in [5.74, 6) is 1.68. The highest BCUT2D eigenvalue weighted by molar-refractivity contribution is 6.74. The molecule has 0 unspecified atom stereocenters. The van der Waals surface area contributed by atoms with Gasteiger partial charge in [0, 0.05) is 11.6 Å². The first-order valence-corrected chi connectivity index (χ1v) is 9.59. The van der Waals surface area contributed by atoms with Crippen LogP contribution in [-0.2, 0) is 0 Å². The zero-order chi connectivity index (χ0) is 15.7. The zero-order valence-electron chi connectivity index (χ0n) is 13.7. The van der Waals surface area contributed by atoms with Gasteiger partial charge >= 0.3 is 0 Å². The van der Waals surface area contributed by atoms with E-state index in [0.717, 1.165) is 5.56 Å². The lowest BCUT2D eigenvalue weighted by Gasteiger charge is -2.37. The lowest BCUT2D eigenvalue weighted by atomic mass is 10.1. The first kappa shape index (κ1) is 16.7. The summed E-state index contributed by atoms with van der Waals surface area (Å²) in [7, 11) is 1.12. The van der Waals surface area contributed by atoms with Gasteiger partial charge in [0.05, 0.1) is 14.2 Å². The summed E-state index contributed by atoms with van der Waals surface area (Å²) < 4.78 is 16.9. The molecule has 4 nitrogen and oxygen atoms in total. The average molecular weight is 298 g/mol. The topological polar surface area (TPSA) is 47.9 Å². The number of phenols is 1. The Kier molecular flexibility index (Phi) is 4.64. The van der Waals surface area contributed by atoms with Crippen LogP contribution < -0.4 is 13.9 Å². The largest absolute Gasteiger partial charge is 0.541 e. The van der Waals surface area contributed by atoms with Crippen LogP contribution >= 0.6 is 0 Å². The van der Waals surface area contributed by atoms with Crippen LogP contribution in [0.2, 0.25) is 18.1 Å². The second-order valence-corrected chi connectivity index (χ2v) is 11.2. The van der Waals surface area contributed by atoms with Crippen molar-refractivity contribution < 1.29 is 19.0 Å². The molecule has 1 N–H and O–H groups in total. The number of rotatable bonds is 4. The molecule has 0 aromatic heterocycles. The van der Waals surface area contributed by atoms with Gasteiger partial charge in [0.15, 0.2) is 23.0 Å². The Morgan fingerprint density at radius 3 is 1.95 bits per heavy atom. The fraction of sp³-hybridized carbons (Fsp3) is 0.600. The van der Waals surface area contributed by atoms with Crippen molar-refractivity contribution in [1.29, 1.82) is 0 Å². The highest BCUT2D eigenvalue weighted by atomic mass is 28.4. The van der Waals surface area contributed by atoms with Gasteiger partial charge in [-0.3, -0.25) is 0 Å². The summed E-state index contributed by atoms with van der Waals surface area (Å²) in [6.45, 7) is 12.7. The van der Waals surface area contributed by atoms with Crippen molar-refractivity contribution in [2.75, 3.05) is 14.2 Å². The molecular formula is C15H26O4Si. The summed E-state index contributed by atoms with van der Waals surface area (Å²) in [6.07, 6.45) is 0. The second kappa shape index (κ2) is 5.56. The van der Waals surface area contributed by atoms with E-state index in [-0.39, 0.29) is 10.8 Å². The number of phenolic OH excluding ortho intramolecular Hbond substituents is 1.